The van der Waals surface area contributed by atoms with Crippen LogP contribution >= 0.6 is 31.9 Å². The maximum atomic E-state index is 6.83. The Morgan fingerprint density at radius 2 is 0.444 bits per heavy atom. The summed E-state index contributed by atoms with van der Waals surface area (Å²) < 4.78 is 39.2. The summed E-state index contributed by atoms with van der Waals surface area (Å²) in [7, 11) is -0.375. The van der Waals surface area contributed by atoms with E-state index in [-0.39, 0.29) is 34.6 Å². The summed E-state index contributed by atoms with van der Waals surface area (Å²) in [4.78, 5) is 7.04. The number of furan rings is 4. The summed E-state index contributed by atoms with van der Waals surface area (Å²) in [6.45, 7) is 28.7. The Kier molecular flexibility index (Phi) is 23.9. The summed E-state index contributed by atoms with van der Waals surface area (Å²) in [5.74, 6) is 1.66. The van der Waals surface area contributed by atoms with E-state index in [9.17, 15) is 0 Å². The van der Waals surface area contributed by atoms with Gasteiger partial charge in [-0.3, -0.25) is 0 Å². The van der Waals surface area contributed by atoms with Crippen molar-refractivity contribution in [3.05, 3.63) is 445 Å². The zero-order valence-electron chi connectivity index (χ0n) is 82.0. The van der Waals surface area contributed by atoms with Crippen molar-refractivity contribution in [3.8, 4) is 56.0 Å². The van der Waals surface area contributed by atoms with Crippen LogP contribution in [0.25, 0.3) is 154 Å². The van der Waals surface area contributed by atoms with E-state index in [4.69, 9.17) is 27.0 Å². The van der Waals surface area contributed by atoms with Crippen molar-refractivity contribution in [3.63, 3.8) is 0 Å². The van der Waals surface area contributed by atoms with Gasteiger partial charge in [0.1, 0.15) is 33.9 Å². The van der Waals surface area contributed by atoms with E-state index in [1.165, 1.54) is 55.5 Å². The Morgan fingerprint density at radius 1 is 0.211 bits per heavy atom. The topological polar surface area (TPSA) is 80.7 Å². The first-order chi connectivity index (χ1) is 68.5. The van der Waals surface area contributed by atoms with Crippen LogP contribution in [0.4, 0.5) is 51.2 Å². The summed E-state index contributed by atoms with van der Waals surface area (Å²) >= 11 is 6.73. The minimum Gasteiger partial charge on any atom is -0.455 e. The molecule has 696 valence electrons. The second-order valence-electron chi connectivity index (χ2n) is 41.5. The molecule has 0 atom stereocenters. The molecule has 9 nitrogen and oxygen atoms in total. The maximum absolute atomic E-state index is 6.83. The van der Waals surface area contributed by atoms with E-state index in [2.05, 4.69) is 531 Å². The molecular formula is C130H108BBr2N3O6. The van der Waals surface area contributed by atoms with Crippen LogP contribution in [-0.2, 0) is 25.6 Å². The Balaban J connectivity index is 0.000000158. The minimum atomic E-state index is -0.375. The lowest BCUT2D eigenvalue weighted by Gasteiger charge is -2.32. The van der Waals surface area contributed by atoms with Gasteiger partial charge in [-0.15, -0.1) is 0 Å². The molecule has 0 bridgehead atoms. The highest BCUT2D eigenvalue weighted by Crippen LogP contribution is 2.48. The number of hydrogen-bond donors (Lipinski definition) is 0. The largest absolute Gasteiger partial charge is 0.494 e. The van der Waals surface area contributed by atoms with Gasteiger partial charge in [-0.25, -0.2) is 0 Å². The van der Waals surface area contributed by atoms with Crippen molar-refractivity contribution in [2.24, 2.45) is 0 Å². The van der Waals surface area contributed by atoms with Crippen LogP contribution in [0, 0.1) is 0 Å². The van der Waals surface area contributed by atoms with Crippen LogP contribution in [0.15, 0.2) is 446 Å². The van der Waals surface area contributed by atoms with Crippen LogP contribution in [0.1, 0.15) is 107 Å². The first-order valence-corrected chi connectivity index (χ1v) is 50.3. The monoisotopic (exact) mass is 1980 g/mol. The zero-order chi connectivity index (χ0) is 97.7. The maximum Gasteiger partial charge on any atom is 0.494 e. The third-order valence-corrected chi connectivity index (χ3v) is 29.1. The van der Waals surface area contributed by atoms with Gasteiger partial charge in [0.05, 0.1) is 11.2 Å². The highest BCUT2D eigenvalue weighted by molar-refractivity contribution is 9.10. The Labute approximate surface area is 846 Å². The molecule has 4 aromatic heterocycles. The Morgan fingerprint density at radius 3 is 0.746 bits per heavy atom. The first-order valence-electron chi connectivity index (χ1n) is 48.7. The van der Waals surface area contributed by atoms with E-state index in [1.54, 1.807) is 0 Å². The average molecular weight is 1980 g/mol. The van der Waals surface area contributed by atoms with Gasteiger partial charge < -0.3 is 41.7 Å². The number of fused-ring (bicyclic) bond motifs is 13. The van der Waals surface area contributed by atoms with Gasteiger partial charge in [0.15, 0.2) is 9.34 Å². The second-order valence-corrected chi connectivity index (χ2v) is 43.0. The zero-order valence-corrected chi connectivity index (χ0v) is 85.1. The van der Waals surface area contributed by atoms with Gasteiger partial charge in [-0.05, 0) is 334 Å². The van der Waals surface area contributed by atoms with Crippen molar-refractivity contribution >= 4 is 193 Å². The molecule has 0 N–H and O–H groups in total. The van der Waals surface area contributed by atoms with Gasteiger partial charge in [-0.1, -0.05) is 311 Å². The molecule has 5 heterocycles. The number of rotatable bonds is 15. The Hall–Kier alpha value is -15.0. The number of anilines is 9. The van der Waals surface area contributed by atoms with Crippen molar-refractivity contribution in [1.82, 2.24) is 0 Å². The second kappa shape index (κ2) is 36.9. The summed E-state index contributed by atoms with van der Waals surface area (Å²) in [6.07, 6.45) is 0. The molecule has 24 rings (SSSR count). The third-order valence-electron chi connectivity index (χ3n) is 28.3. The molecule has 1 saturated heterocycles. The predicted molar refractivity (Wildman–Crippen MR) is 604 cm³/mol. The van der Waals surface area contributed by atoms with Crippen LogP contribution in [0.2, 0.25) is 0 Å². The lowest BCUT2D eigenvalue weighted by molar-refractivity contribution is 0.00578. The number of nitrogens with zero attached hydrogens (tertiary/aromatic N) is 3. The highest BCUT2D eigenvalue weighted by atomic mass is 79.9. The molecule has 1 fully saturated rings. The van der Waals surface area contributed by atoms with Crippen molar-refractivity contribution in [2.75, 3.05) is 14.7 Å². The van der Waals surface area contributed by atoms with Gasteiger partial charge in [0.2, 0.25) is 0 Å². The molecule has 0 radical (unpaired) electrons. The average Bonchev–Trinajstić information content (AvgIpc) is 1.59. The van der Waals surface area contributed by atoms with Crippen molar-refractivity contribution < 1.29 is 27.0 Å². The standard InChI is InChI=1S/C78H62N2O2.C38H40BNO2.C14H6Br2O2/c1-77(2,3)63-29-39-67(40-30-63)79(65-33-21-53(22-34-65)51-13-9-7-10-14-51)69-37-25-55-45-59(19-17-57(55)47-69)73-49-61-27-43-72-71(75(61)81-73)44-28-62-50-74(82-76(62)72)60-20-18-58-48-70(38-26-56(58)46-60)80(68-41-31-64(32-42-68)78(4,5)6)66-35-23-54(24-36-66)52-15-11-8-12-16-52;1-36(2,3)31-17-23-34(24-18-31)40(33-20-14-28(15-21-33)27-11-9-8-10-12-27)35-22-16-29-25-32(19-13-30(29)26-35)39-41-37(4,5)38(6,7)42-39;15-11-5-7-1-3-9-10(13(7)17-11)4-2-8-6-12(16)18-14(8)9/h7-50H,1-6H3;8-26H,1-7H3;1-6H. The van der Waals surface area contributed by atoms with Crippen molar-refractivity contribution in [2.45, 2.75) is 117 Å². The summed E-state index contributed by atoms with van der Waals surface area (Å²) in [5, 5.41) is 15.3. The molecule has 12 heteroatoms. The molecule has 142 heavy (non-hydrogen) atoms. The normalized spacial score (nSPS) is 13.2. The summed E-state index contributed by atoms with van der Waals surface area (Å²) in [6, 6.07) is 150. The smallest absolute Gasteiger partial charge is 0.455 e. The lowest BCUT2D eigenvalue weighted by atomic mass is 9.78. The molecule has 0 amide bonds. The van der Waals surface area contributed by atoms with Crippen LogP contribution in [-0.4, -0.2) is 18.3 Å². The molecule has 0 spiro atoms. The fourth-order valence-corrected chi connectivity index (χ4v) is 20.4. The molecule has 0 saturated carbocycles. The van der Waals surface area contributed by atoms with Crippen molar-refractivity contribution in [1.29, 1.82) is 0 Å². The van der Waals surface area contributed by atoms with Gasteiger partial charge >= 0.3 is 7.12 Å². The minimum absolute atomic E-state index is 0.0574. The molecule has 0 aliphatic carbocycles. The van der Waals surface area contributed by atoms with Crippen LogP contribution < -0.4 is 20.2 Å². The first kappa shape index (κ1) is 92.0. The van der Waals surface area contributed by atoms with Gasteiger partial charge in [0, 0.05) is 105 Å². The fourth-order valence-electron chi connectivity index (χ4n) is 19.6. The van der Waals surface area contributed by atoms with Gasteiger partial charge in [0.25, 0.3) is 0 Å². The van der Waals surface area contributed by atoms with E-state index in [0.717, 1.165) is 181 Å². The van der Waals surface area contributed by atoms with E-state index >= 15 is 0 Å². The highest BCUT2D eigenvalue weighted by Gasteiger charge is 2.52. The fraction of sp³-hybridized carbons (Fsp3) is 0.138. The third kappa shape index (κ3) is 18.3. The number of halogens is 2. The van der Waals surface area contributed by atoms with E-state index in [0.29, 0.717) is 0 Å². The van der Waals surface area contributed by atoms with E-state index < -0.39 is 0 Å². The Bertz CT molecular complexity index is 8260. The molecule has 1 aliphatic heterocycles. The molecule has 1 aliphatic rings. The van der Waals surface area contributed by atoms with E-state index in [1.807, 2.05) is 24.3 Å². The van der Waals surface area contributed by atoms with Crippen LogP contribution in [0.3, 0.4) is 0 Å². The summed E-state index contributed by atoms with van der Waals surface area (Å²) in [5.41, 5.74) is 27.2. The molecule has 19 aromatic carbocycles. The molecule has 23 aromatic rings. The quantitative estimate of drug-likeness (QED) is 0.0933. The predicted octanol–water partition coefficient (Wildman–Crippen LogP) is 38.3. The SMILES string of the molecule is Brc1cc2ccc3c(ccc4cc(Br)oc43)c2o1.CC(C)(C)c1ccc(N(c2ccc(-c3ccccc3)cc2)c2ccc3cc(-c4cc5ccc6c(ccc7cc(-c8ccc9cc(N(c%10ccc(-c%11ccccc%11)cc%10)c%10ccc(C(C)(C)C)cc%10)ccc9c8)oc76)c5o4)ccc3c2)cc1.CC(C)(C)c1ccc(N(c2ccc(-c3ccccc3)cc2)c2ccc3cc(B4OC(C)(C)C(C)(C)O4)ccc3c2)cc1. The lowest BCUT2D eigenvalue weighted by Crippen LogP contribution is -2.41. The number of hydrogen-bond acceptors (Lipinski definition) is 9. The van der Waals surface area contributed by atoms with Crippen LogP contribution in [0.5, 0.6) is 0 Å². The molecule has 0 unspecified atom stereocenters. The number of benzene rings is 19. The van der Waals surface area contributed by atoms with Gasteiger partial charge in [-0.2, -0.15) is 0 Å². The molecular weight excluding hydrogens is 1870 g/mol.